The predicted molar refractivity (Wildman–Crippen MR) is 178 cm³/mol. The third-order valence-corrected chi connectivity index (χ3v) is 8.74. The van der Waals surface area contributed by atoms with Crippen LogP contribution in [0.2, 0.25) is 0 Å². The average Bonchev–Trinajstić information content (AvgIpc) is 3.53. The molecule has 0 amide bonds. The summed E-state index contributed by atoms with van der Waals surface area (Å²) in [6, 6.07) is 46.4. The first-order valence-electron chi connectivity index (χ1n) is 14.1. The van der Waals surface area contributed by atoms with Crippen LogP contribution in [0.4, 0.5) is 0 Å². The molecule has 0 fully saturated rings. The van der Waals surface area contributed by atoms with Gasteiger partial charge >= 0.3 is 0 Å². The van der Waals surface area contributed by atoms with Crippen LogP contribution in [0.25, 0.3) is 76.6 Å². The lowest BCUT2D eigenvalue weighted by atomic mass is 10.00. The number of aromatic nitrogens is 4. The van der Waals surface area contributed by atoms with E-state index >= 15 is 0 Å². The number of hydrogen-bond acceptors (Lipinski definition) is 5. The van der Waals surface area contributed by atoms with Crippen LogP contribution < -0.4 is 0 Å². The molecule has 0 aliphatic rings. The summed E-state index contributed by atoms with van der Waals surface area (Å²) in [5, 5.41) is 3.50. The van der Waals surface area contributed by atoms with Gasteiger partial charge in [-0.2, -0.15) is 0 Å². The van der Waals surface area contributed by atoms with Crippen LogP contribution in [0.3, 0.4) is 0 Å². The third kappa shape index (κ3) is 4.96. The van der Waals surface area contributed by atoms with E-state index in [0.717, 1.165) is 32.5 Å². The Balaban J connectivity index is 1.23. The number of hydrogen-bond donors (Lipinski definition) is 0. The molecular formula is C38H24N4S. The summed E-state index contributed by atoms with van der Waals surface area (Å²) in [6.07, 6.45) is 3.66. The van der Waals surface area contributed by atoms with Gasteiger partial charge in [0.05, 0.1) is 4.88 Å². The van der Waals surface area contributed by atoms with Crippen LogP contribution in [-0.4, -0.2) is 19.9 Å². The van der Waals surface area contributed by atoms with Crippen molar-refractivity contribution in [1.82, 2.24) is 19.9 Å². The van der Waals surface area contributed by atoms with E-state index in [9.17, 15) is 0 Å². The van der Waals surface area contributed by atoms with Crippen LogP contribution in [0, 0.1) is 0 Å². The topological polar surface area (TPSA) is 51.6 Å². The molecule has 3 aromatic heterocycles. The van der Waals surface area contributed by atoms with Crippen molar-refractivity contribution in [3.8, 4) is 55.7 Å². The molecule has 0 saturated heterocycles. The summed E-state index contributed by atoms with van der Waals surface area (Å²) in [7, 11) is 0. The molecule has 0 atom stereocenters. The first-order chi connectivity index (χ1) is 21.3. The second-order valence-corrected chi connectivity index (χ2v) is 11.5. The van der Waals surface area contributed by atoms with Gasteiger partial charge < -0.3 is 0 Å². The number of nitrogens with zero attached hydrogens (tertiary/aromatic N) is 4. The quantitative estimate of drug-likeness (QED) is 0.207. The highest BCUT2D eigenvalue weighted by molar-refractivity contribution is 7.22. The minimum atomic E-state index is 0.648. The van der Waals surface area contributed by atoms with Crippen LogP contribution in [0.5, 0.6) is 0 Å². The Kier molecular flexibility index (Phi) is 6.28. The normalized spacial score (nSPS) is 11.3. The van der Waals surface area contributed by atoms with Gasteiger partial charge in [0.15, 0.2) is 17.5 Å². The van der Waals surface area contributed by atoms with Gasteiger partial charge in [-0.1, -0.05) is 103 Å². The molecule has 5 heteroatoms. The van der Waals surface area contributed by atoms with Gasteiger partial charge in [0.2, 0.25) is 0 Å². The molecule has 0 aliphatic heterocycles. The van der Waals surface area contributed by atoms with Crippen LogP contribution in [0.1, 0.15) is 0 Å². The lowest BCUT2D eigenvalue weighted by Gasteiger charge is -2.09. The fourth-order valence-corrected chi connectivity index (χ4v) is 6.37. The fraction of sp³-hybridized carbons (Fsp3) is 0. The van der Waals surface area contributed by atoms with E-state index in [1.54, 1.807) is 17.5 Å². The second kappa shape index (κ2) is 10.7. The van der Waals surface area contributed by atoms with Crippen LogP contribution >= 0.6 is 11.3 Å². The van der Waals surface area contributed by atoms with Gasteiger partial charge in [-0.05, 0) is 68.7 Å². The van der Waals surface area contributed by atoms with Gasteiger partial charge in [-0.3, -0.25) is 4.98 Å². The summed E-state index contributed by atoms with van der Waals surface area (Å²) in [4.78, 5) is 20.3. The highest BCUT2D eigenvalue weighted by Crippen LogP contribution is 2.34. The molecule has 0 radical (unpaired) electrons. The lowest BCUT2D eigenvalue weighted by molar-refractivity contribution is 1.08. The molecule has 0 bridgehead atoms. The zero-order chi connectivity index (χ0) is 28.6. The molecule has 0 unspecified atom stereocenters. The number of benzene rings is 5. The highest BCUT2D eigenvalue weighted by atomic mass is 32.1. The molecule has 0 N–H and O–H groups in total. The standard InChI is InChI=1S/C38H24N4S/c1-2-7-25(8-3-1)28-16-17-30-22-32(19-18-29(30)21-28)37-40-36(27-14-12-26(13-15-27)33-10-6-20-39-24-33)41-38(42-37)35-23-31-9-4-5-11-34(31)43-35/h1-24H. The van der Waals surface area contributed by atoms with Gasteiger partial charge in [-0.25, -0.2) is 15.0 Å². The van der Waals surface area contributed by atoms with Gasteiger partial charge in [0.1, 0.15) is 0 Å². The van der Waals surface area contributed by atoms with E-state index in [1.165, 1.54) is 26.6 Å². The molecule has 5 aromatic carbocycles. The lowest BCUT2D eigenvalue weighted by Crippen LogP contribution is -1.99. The highest BCUT2D eigenvalue weighted by Gasteiger charge is 2.15. The number of rotatable bonds is 5. The van der Waals surface area contributed by atoms with Crippen molar-refractivity contribution in [1.29, 1.82) is 0 Å². The van der Waals surface area contributed by atoms with Gasteiger partial charge in [0.25, 0.3) is 0 Å². The predicted octanol–water partition coefficient (Wildman–Crippen LogP) is 9.97. The summed E-state index contributed by atoms with van der Waals surface area (Å²) in [5.74, 6) is 1.98. The Morgan fingerprint density at radius 3 is 1.77 bits per heavy atom. The van der Waals surface area contributed by atoms with E-state index < -0.39 is 0 Å². The Bertz CT molecular complexity index is 2190. The first kappa shape index (κ1) is 25.2. The molecule has 4 nitrogen and oxygen atoms in total. The van der Waals surface area contributed by atoms with Crippen molar-refractivity contribution >= 4 is 32.2 Å². The summed E-state index contributed by atoms with van der Waals surface area (Å²) < 4.78 is 1.21. The van der Waals surface area contributed by atoms with Crippen molar-refractivity contribution in [3.05, 3.63) is 146 Å². The minimum Gasteiger partial charge on any atom is -0.264 e. The number of pyridine rings is 1. The number of fused-ring (bicyclic) bond motifs is 2. The van der Waals surface area contributed by atoms with Crippen LogP contribution in [0.15, 0.2) is 146 Å². The summed E-state index contributed by atoms with van der Waals surface area (Å²) >= 11 is 1.70. The van der Waals surface area contributed by atoms with E-state index in [0.29, 0.717) is 17.5 Å². The smallest absolute Gasteiger partial charge is 0.174 e. The van der Waals surface area contributed by atoms with Gasteiger partial charge in [-0.15, -0.1) is 11.3 Å². The SMILES string of the molecule is c1ccc(-c2ccc3cc(-c4nc(-c5ccc(-c6cccnc6)cc5)nc(-c5cc6ccccc6s5)n4)ccc3c2)cc1. The second-order valence-electron chi connectivity index (χ2n) is 10.4. The molecular weight excluding hydrogens is 545 g/mol. The van der Waals surface area contributed by atoms with Crippen LogP contribution in [-0.2, 0) is 0 Å². The summed E-state index contributed by atoms with van der Waals surface area (Å²) in [5.41, 5.74) is 6.47. The average molecular weight is 569 g/mol. The molecule has 0 aliphatic carbocycles. The Labute approximate surface area is 253 Å². The van der Waals surface area contributed by atoms with Gasteiger partial charge in [0, 0.05) is 28.2 Å². The molecule has 3 heterocycles. The first-order valence-corrected chi connectivity index (χ1v) is 14.9. The maximum Gasteiger partial charge on any atom is 0.174 e. The van der Waals surface area contributed by atoms with Crippen molar-refractivity contribution in [2.24, 2.45) is 0 Å². The molecule has 0 spiro atoms. The third-order valence-electron chi connectivity index (χ3n) is 7.62. The molecule has 202 valence electrons. The molecule has 0 saturated carbocycles. The van der Waals surface area contributed by atoms with Crippen molar-refractivity contribution in [2.75, 3.05) is 0 Å². The van der Waals surface area contributed by atoms with E-state index in [1.807, 2.05) is 18.3 Å². The maximum atomic E-state index is 5.01. The van der Waals surface area contributed by atoms with E-state index in [4.69, 9.17) is 15.0 Å². The molecule has 43 heavy (non-hydrogen) atoms. The Morgan fingerprint density at radius 1 is 0.395 bits per heavy atom. The molecule has 8 rings (SSSR count). The van der Waals surface area contributed by atoms with Crippen molar-refractivity contribution in [2.45, 2.75) is 0 Å². The fourth-order valence-electron chi connectivity index (χ4n) is 5.38. The Morgan fingerprint density at radius 2 is 1.00 bits per heavy atom. The zero-order valence-corrected chi connectivity index (χ0v) is 23.9. The van der Waals surface area contributed by atoms with E-state index in [2.05, 4.69) is 126 Å². The minimum absolute atomic E-state index is 0.648. The van der Waals surface area contributed by atoms with E-state index in [-0.39, 0.29) is 0 Å². The summed E-state index contributed by atoms with van der Waals surface area (Å²) in [6.45, 7) is 0. The van der Waals surface area contributed by atoms with Crippen molar-refractivity contribution in [3.63, 3.8) is 0 Å². The Hall–Kier alpha value is -5.52. The van der Waals surface area contributed by atoms with Crippen molar-refractivity contribution < 1.29 is 0 Å². The zero-order valence-electron chi connectivity index (χ0n) is 23.1. The number of thiophene rings is 1. The largest absolute Gasteiger partial charge is 0.264 e. The molecule has 8 aromatic rings. The monoisotopic (exact) mass is 568 g/mol. The maximum absolute atomic E-state index is 5.01.